The second kappa shape index (κ2) is 5.22. The lowest BCUT2D eigenvalue weighted by Crippen LogP contribution is -2.32. The molecule has 0 atom stereocenters. The van der Waals surface area contributed by atoms with Gasteiger partial charge in [0.15, 0.2) is 0 Å². The van der Waals surface area contributed by atoms with E-state index in [1.807, 2.05) is 4.98 Å². The maximum absolute atomic E-state index is 13.1. The average Bonchev–Trinajstić information content (AvgIpc) is 2.29. The van der Waals surface area contributed by atoms with Crippen LogP contribution in [0.15, 0.2) is 32.4 Å². The molecule has 0 bridgehead atoms. The zero-order chi connectivity index (χ0) is 15.0. The topological polar surface area (TPSA) is 92.2 Å². The molecule has 1 aromatic heterocycles. The molecule has 6 nitrogen and oxygen atoms in total. The summed E-state index contributed by atoms with van der Waals surface area (Å²) >= 11 is 8.87. The highest BCUT2D eigenvalue weighted by Gasteiger charge is 2.16. The number of rotatable bonds is 2. The first-order chi connectivity index (χ1) is 9.31. The number of aromatic nitrogens is 2. The van der Waals surface area contributed by atoms with Gasteiger partial charge < -0.3 is 5.11 Å². The van der Waals surface area contributed by atoms with E-state index in [0.29, 0.717) is 0 Å². The number of hydrogen-bond donors (Lipinski definition) is 2. The van der Waals surface area contributed by atoms with Crippen LogP contribution in [0.25, 0.3) is 5.69 Å². The first-order valence-corrected chi connectivity index (χ1v) is 6.22. The second-order valence-electron chi connectivity index (χ2n) is 3.70. The zero-order valence-electron chi connectivity index (χ0n) is 9.49. The molecule has 0 unspecified atom stereocenters. The van der Waals surface area contributed by atoms with Crippen LogP contribution in [0.2, 0.25) is 5.02 Å². The number of halogens is 3. The van der Waals surface area contributed by atoms with Gasteiger partial charge in [-0.05, 0) is 28.1 Å². The summed E-state index contributed by atoms with van der Waals surface area (Å²) in [6.45, 7) is 0. The first kappa shape index (κ1) is 14.5. The van der Waals surface area contributed by atoms with E-state index >= 15 is 0 Å². The third-order valence-electron chi connectivity index (χ3n) is 2.40. The highest BCUT2D eigenvalue weighted by Crippen LogP contribution is 2.29. The molecular formula is C11H5BrClFN2O4. The van der Waals surface area contributed by atoms with Crippen LogP contribution in [0.1, 0.15) is 10.4 Å². The van der Waals surface area contributed by atoms with Crippen LogP contribution in [0.5, 0.6) is 0 Å². The van der Waals surface area contributed by atoms with Gasteiger partial charge >= 0.3 is 11.7 Å². The molecule has 0 aliphatic carbocycles. The summed E-state index contributed by atoms with van der Waals surface area (Å²) in [4.78, 5) is 35.8. The minimum atomic E-state index is -1.51. The molecular weight excluding hydrogens is 358 g/mol. The van der Waals surface area contributed by atoms with Crippen LogP contribution in [-0.2, 0) is 0 Å². The minimum Gasteiger partial charge on any atom is -0.477 e. The summed E-state index contributed by atoms with van der Waals surface area (Å²) in [7, 11) is 0. The maximum atomic E-state index is 13.1. The Kier molecular flexibility index (Phi) is 3.78. The third-order valence-corrected chi connectivity index (χ3v) is 3.29. The largest absolute Gasteiger partial charge is 0.477 e. The number of carbonyl (C=O) groups is 1. The summed E-state index contributed by atoms with van der Waals surface area (Å²) in [5.41, 5.74) is -2.55. The molecule has 0 aliphatic rings. The molecule has 2 N–H and O–H groups in total. The van der Waals surface area contributed by atoms with Crippen LogP contribution in [0.3, 0.4) is 0 Å². The molecule has 9 heteroatoms. The Labute approximate surface area is 123 Å². The van der Waals surface area contributed by atoms with Crippen molar-refractivity contribution >= 4 is 33.5 Å². The van der Waals surface area contributed by atoms with Gasteiger partial charge in [0.25, 0.3) is 5.56 Å². The monoisotopic (exact) mass is 362 g/mol. The molecule has 1 aromatic carbocycles. The Balaban J connectivity index is 2.84. The first-order valence-electron chi connectivity index (χ1n) is 5.05. The van der Waals surface area contributed by atoms with Crippen molar-refractivity contribution in [3.8, 4) is 5.69 Å². The molecule has 0 spiro atoms. The normalized spacial score (nSPS) is 10.6. The van der Waals surface area contributed by atoms with Gasteiger partial charge in [-0.3, -0.25) is 14.3 Å². The number of benzene rings is 1. The molecule has 104 valence electrons. The Morgan fingerprint density at radius 1 is 1.40 bits per heavy atom. The van der Waals surface area contributed by atoms with Crippen LogP contribution in [-0.4, -0.2) is 20.6 Å². The van der Waals surface area contributed by atoms with Gasteiger partial charge in [0.1, 0.15) is 11.4 Å². The summed E-state index contributed by atoms with van der Waals surface area (Å²) in [6, 6.07) is 2.01. The Bertz CT molecular complexity index is 807. The number of carboxylic acid groups (broad SMARTS) is 1. The molecule has 1 heterocycles. The van der Waals surface area contributed by atoms with Crippen molar-refractivity contribution < 1.29 is 14.3 Å². The number of H-pyrrole nitrogens is 1. The summed E-state index contributed by atoms with van der Waals surface area (Å²) in [5, 5.41) is 8.75. The molecule has 0 saturated carbocycles. The van der Waals surface area contributed by atoms with E-state index in [1.54, 1.807) is 0 Å². The lowest BCUT2D eigenvalue weighted by molar-refractivity contribution is 0.0694. The van der Waals surface area contributed by atoms with Crippen molar-refractivity contribution in [2.24, 2.45) is 0 Å². The third kappa shape index (κ3) is 2.52. The zero-order valence-corrected chi connectivity index (χ0v) is 11.8. The number of aromatic carboxylic acids is 1. The van der Waals surface area contributed by atoms with E-state index in [1.165, 1.54) is 0 Å². The molecule has 0 fully saturated rings. The van der Waals surface area contributed by atoms with Gasteiger partial charge in [0.2, 0.25) is 0 Å². The molecule has 20 heavy (non-hydrogen) atoms. The molecule has 2 rings (SSSR count). The summed E-state index contributed by atoms with van der Waals surface area (Å²) in [5.74, 6) is -2.14. The lowest BCUT2D eigenvalue weighted by Gasteiger charge is -2.10. The molecule has 0 aliphatic heterocycles. The predicted molar refractivity (Wildman–Crippen MR) is 72.3 cm³/mol. The average molecular weight is 364 g/mol. The van der Waals surface area contributed by atoms with Crippen molar-refractivity contribution in [2.45, 2.75) is 0 Å². The van der Waals surface area contributed by atoms with Gasteiger partial charge in [-0.15, -0.1) is 0 Å². The van der Waals surface area contributed by atoms with Crippen molar-refractivity contribution in [2.75, 3.05) is 0 Å². The van der Waals surface area contributed by atoms with Crippen molar-refractivity contribution in [1.29, 1.82) is 0 Å². The second-order valence-corrected chi connectivity index (χ2v) is 4.96. The standard InChI is InChI=1S/C11H5BrClFN2O4/c12-6-1-4(14)2-7(13)8(6)16-3-5(10(18)19)9(17)15-11(16)20/h1-3H,(H,18,19)(H,15,17,20). The van der Waals surface area contributed by atoms with Gasteiger partial charge in [0, 0.05) is 10.7 Å². The number of hydrogen-bond acceptors (Lipinski definition) is 3. The fourth-order valence-corrected chi connectivity index (χ4v) is 2.59. The van der Waals surface area contributed by atoms with E-state index in [9.17, 15) is 18.8 Å². The van der Waals surface area contributed by atoms with E-state index in [-0.39, 0.29) is 15.2 Å². The Morgan fingerprint density at radius 3 is 2.60 bits per heavy atom. The van der Waals surface area contributed by atoms with Crippen molar-refractivity contribution in [1.82, 2.24) is 9.55 Å². The highest BCUT2D eigenvalue weighted by atomic mass is 79.9. The molecule has 2 aromatic rings. The van der Waals surface area contributed by atoms with Gasteiger partial charge in [-0.2, -0.15) is 0 Å². The number of aromatic amines is 1. The predicted octanol–water partition coefficient (Wildman–Crippen LogP) is 1.78. The highest BCUT2D eigenvalue weighted by molar-refractivity contribution is 9.10. The van der Waals surface area contributed by atoms with Crippen LogP contribution in [0, 0.1) is 5.82 Å². The van der Waals surface area contributed by atoms with E-state index < -0.39 is 28.6 Å². The van der Waals surface area contributed by atoms with E-state index in [4.69, 9.17) is 16.7 Å². The van der Waals surface area contributed by atoms with E-state index in [2.05, 4.69) is 15.9 Å². The van der Waals surface area contributed by atoms with Gasteiger partial charge in [-0.1, -0.05) is 11.6 Å². The van der Waals surface area contributed by atoms with E-state index in [0.717, 1.165) is 22.9 Å². The van der Waals surface area contributed by atoms with Crippen LogP contribution < -0.4 is 11.2 Å². The number of carboxylic acids is 1. The number of nitrogens with zero attached hydrogens (tertiary/aromatic N) is 1. The maximum Gasteiger partial charge on any atom is 0.342 e. The Morgan fingerprint density at radius 2 is 2.05 bits per heavy atom. The van der Waals surface area contributed by atoms with Crippen LogP contribution in [0.4, 0.5) is 4.39 Å². The minimum absolute atomic E-state index is 0.0248. The summed E-state index contributed by atoms with van der Waals surface area (Å²) < 4.78 is 14.1. The quantitative estimate of drug-likeness (QED) is 0.851. The van der Waals surface area contributed by atoms with Crippen LogP contribution >= 0.6 is 27.5 Å². The molecule has 0 amide bonds. The van der Waals surface area contributed by atoms with Gasteiger partial charge in [-0.25, -0.2) is 14.0 Å². The van der Waals surface area contributed by atoms with Crippen molar-refractivity contribution in [3.63, 3.8) is 0 Å². The lowest BCUT2D eigenvalue weighted by atomic mass is 10.3. The molecule has 0 radical (unpaired) electrons. The smallest absolute Gasteiger partial charge is 0.342 e. The fourth-order valence-electron chi connectivity index (χ4n) is 1.55. The van der Waals surface area contributed by atoms with Crippen molar-refractivity contribution in [3.05, 3.63) is 60.0 Å². The number of nitrogens with one attached hydrogen (secondary N) is 1. The Hall–Kier alpha value is -1.93. The summed E-state index contributed by atoms with van der Waals surface area (Å²) in [6.07, 6.45) is 0.827. The fraction of sp³-hybridized carbons (Fsp3) is 0. The SMILES string of the molecule is O=C(O)c1cn(-c2c(Cl)cc(F)cc2Br)c(=O)[nH]c1=O. The molecule has 0 saturated heterocycles. The van der Waals surface area contributed by atoms with Gasteiger partial charge in [0.05, 0.1) is 10.7 Å².